The summed E-state index contributed by atoms with van der Waals surface area (Å²) in [6.45, 7) is 0. The van der Waals surface area contributed by atoms with Crippen LogP contribution in [0.3, 0.4) is 0 Å². The third-order valence-electron chi connectivity index (χ3n) is 1.91. The Morgan fingerprint density at radius 1 is 0.778 bits per heavy atom. The van der Waals surface area contributed by atoms with Crippen LogP contribution in [0.15, 0.2) is 48.8 Å². The maximum absolute atomic E-state index is 5.59. The minimum Gasteiger partial charge on any atom is -0.412 e. The minimum absolute atomic E-state index is 0. The first-order chi connectivity index (χ1) is 6.36. The summed E-state index contributed by atoms with van der Waals surface area (Å²) in [4.78, 5) is 4.05. The van der Waals surface area contributed by atoms with Crippen molar-refractivity contribution in [1.29, 1.82) is 0 Å². The SMILES string of the molecule is Cl.Cl.Cl.Cl.Nc1ccc(-c2cccnc2)cc1.O. The van der Waals surface area contributed by atoms with E-state index in [1.807, 2.05) is 42.6 Å². The Hall–Kier alpha value is -0.710. The first-order valence-corrected chi connectivity index (χ1v) is 4.12. The first kappa shape index (κ1) is 26.0. The summed E-state index contributed by atoms with van der Waals surface area (Å²) < 4.78 is 0. The Balaban J connectivity index is -0.000000196. The number of nitrogens with zero attached hydrogens (tertiary/aromatic N) is 1. The van der Waals surface area contributed by atoms with Gasteiger partial charge in [-0.05, 0) is 29.3 Å². The zero-order valence-electron chi connectivity index (χ0n) is 9.28. The highest BCUT2D eigenvalue weighted by Crippen LogP contribution is 2.18. The molecule has 0 saturated carbocycles. The molecule has 0 aliphatic carbocycles. The summed E-state index contributed by atoms with van der Waals surface area (Å²) >= 11 is 0. The van der Waals surface area contributed by atoms with Crippen molar-refractivity contribution >= 4 is 55.3 Å². The first-order valence-electron chi connectivity index (χ1n) is 4.12. The standard InChI is InChI=1S/C11H10N2.4ClH.H2O/c12-11-5-3-9(4-6-11)10-2-1-7-13-8-10;;;;;/h1-8H,12H2;4*1H;1H2. The largest absolute Gasteiger partial charge is 0.412 e. The highest BCUT2D eigenvalue weighted by Gasteiger charge is 1.94. The van der Waals surface area contributed by atoms with Crippen LogP contribution in [0.4, 0.5) is 5.69 Å². The van der Waals surface area contributed by atoms with Gasteiger partial charge in [-0.25, -0.2) is 0 Å². The normalized spacial score (nSPS) is 7.11. The van der Waals surface area contributed by atoms with Crippen molar-refractivity contribution in [2.75, 3.05) is 5.73 Å². The minimum atomic E-state index is 0. The van der Waals surface area contributed by atoms with Gasteiger partial charge < -0.3 is 11.2 Å². The van der Waals surface area contributed by atoms with E-state index in [9.17, 15) is 0 Å². The number of aromatic nitrogens is 1. The molecule has 0 amide bonds. The van der Waals surface area contributed by atoms with Gasteiger partial charge in [0.2, 0.25) is 0 Å². The van der Waals surface area contributed by atoms with Gasteiger partial charge in [-0.1, -0.05) is 18.2 Å². The van der Waals surface area contributed by atoms with E-state index >= 15 is 0 Å². The third kappa shape index (κ3) is 6.89. The van der Waals surface area contributed by atoms with Crippen molar-refractivity contribution in [2.45, 2.75) is 0 Å². The molecule has 18 heavy (non-hydrogen) atoms. The van der Waals surface area contributed by atoms with Gasteiger partial charge in [0.1, 0.15) is 0 Å². The second-order valence-electron chi connectivity index (χ2n) is 2.86. The van der Waals surface area contributed by atoms with E-state index in [0.29, 0.717) is 0 Å². The van der Waals surface area contributed by atoms with Gasteiger partial charge in [-0.15, -0.1) is 49.6 Å². The lowest BCUT2D eigenvalue weighted by Gasteiger charge is -2.00. The van der Waals surface area contributed by atoms with Gasteiger partial charge >= 0.3 is 0 Å². The van der Waals surface area contributed by atoms with Crippen molar-refractivity contribution in [2.24, 2.45) is 0 Å². The molecule has 0 fully saturated rings. The molecule has 1 heterocycles. The fourth-order valence-corrected chi connectivity index (χ4v) is 1.21. The average Bonchev–Trinajstić information content (AvgIpc) is 2.20. The van der Waals surface area contributed by atoms with Crippen LogP contribution in [0.1, 0.15) is 0 Å². The van der Waals surface area contributed by atoms with Crippen LogP contribution in [0, 0.1) is 0 Å². The number of nitrogen functional groups attached to an aromatic ring is 1. The molecule has 0 saturated heterocycles. The smallest absolute Gasteiger partial charge is 0.0346 e. The summed E-state index contributed by atoms with van der Waals surface area (Å²) in [6, 6.07) is 11.7. The molecule has 7 heteroatoms. The number of halogens is 4. The van der Waals surface area contributed by atoms with Crippen LogP contribution in [-0.2, 0) is 0 Å². The molecule has 0 atom stereocenters. The van der Waals surface area contributed by atoms with Crippen molar-refractivity contribution in [1.82, 2.24) is 4.98 Å². The highest BCUT2D eigenvalue weighted by molar-refractivity contribution is 5.86. The Morgan fingerprint density at radius 2 is 1.33 bits per heavy atom. The quantitative estimate of drug-likeness (QED) is 0.814. The predicted octanol–water partition coefficient (Wildman–Crippen LogP) is 3.19. The molecule has 0 aliphatic rings. The van der Waals surface area contributed by atoms with Crippen molar-refractivity contribution in [3.63, 3.8) is 0 Å². The third-order valence-corrected chi connectivity index (χ3v) is 1.91. The van der Waals surface area contributed by atoms with Crippen molar-refractivity contribution in [3.05, 3.63) is 48.8 Å². The number of hydrogen-bond acceptors (Lipinski definition) is 2. The number of anilines is 1. The Bertz CT molecular complexity index is 398. The maximum atomic E-state index is 5.59. The summed E-state index contributed by atoms with van der Waals surface area (Å²) in [5, 5.41) is 0. The second-order valence-corrected chi connectivity index (χ2v) is 2.86. The number of pyridine rings is 1. The van der Waals surface area contributed by atoms with Gasteiger partial charge in [-0.2, -0.15) is 0 Å². The summed E-state index contributed by atoms with van der Waals surface area (Å²) in [5.41, 5.74) is 8.63. The molecule has 0 bridgehead atoms. The van der Waals surface area contributed by atoms with E-state index in [-0.39, 0.29) is 55.1 Å². The molecule has 0 radical (unpaired) electrons. The fraction of sp³-hybridized carbons (Fsp3) is 0. The van der Waals surface area contributed by atoms with Crippen LogP contribution < -0.4 is 5.73 Å². The monoisotopic (exact) mass is 332 g/mol. The summed E-state index contributed by atoms with van der Waals surface area (Å²) in [6.07, 6.45) is 3.60. The molecule has 4 N–H and O–H groups in total. The van der Waals surface area contributed by atoms with Crippen LogP contribution in [0.2, 0.25) is 0 Å². The van der Waals surface area contributed by atoms with Gasteiger partial charge in [0.15, 0.2) is 0 Å². The topological polar surface area (TPSA) is 70.4 Å². The van der Waals surface area contributed by atoms with Gasteiger partial charge in [-0.3, -0.25) is 4.98 Å². The molecule has 0 spiro atoms. The van der Waals surface area contributed by atoms with Crippen molar-refractivity contribution in [3.8, 4) is 11.1 Å². The summed E-state index contributed by atoms with van der Waals surface area (Å²) in [5.74, 6) is 0. The van der Waals surface area contributed by atoms with E-state index in [1.165, 1.54) is 0 Å². The Labute approximate surface area is 131 Å². The van der Waals surface area contributed by atoms with E-state index in [1.54, 1.807) is 6.20 Å². The van der Waals surface area contributed by atoms with Crippen LogP contribution in [0.25, 0.3) is 11.1 Å². The maximum Gasteiger partial charge on any atom is 0.0346 e. The van der Waals surface area contributed by atoms with E-state index in [0.717, 1.165) is 16.8 Å². The van der Waals surface area contributed by atoms with Crippen LogP contribution in [-0.4, -0.2) is 10.5 Å². The van der Waals surface area contributed by atoms with E-state index in [4.69, 9.17) is 5.73 Å². The zero-order chi connectivity index (χ0) is 9.10. The molecule has 2 aromatic rings. The predicted molar refractivity (Wildman–Crippen MR) is 86.7 cm³/mol. The molecule has 2 rings (SSSR count). The van der Waals surface area contributed by atoms with E-state index in [2.05, 4.69) is 4.98 Å². The molecule has 1 aromatic carbocycles. The lowest BCUT2D eigenvalue weighted by atomic mass is 10.1. The van der Waals surface area contributed by atoms with E-state index < -0.39 is 0 Å². The molecular weight excluding hydrogens is 318 g/mol. The molecule has 104 valence electrons. The van der Waals surface area contributed by atoms with Crippen LogP contribution in [0.5, 0.6) is 0 Å². The van der Waals surface area contributed by atoms with Gasteiger partial charge in [0.25, 0.3) is 0 Å². The Kier molecular flexibility index (Phi) is 18.4. The van der Waals surface area contributed by atoms with Gasteiger partial charge in [0, 0.05) is 18.1 Å². The number of nitrogens with two attached hydrogens (primary N) is 1. The average molecular weight is 334 g/mol. The molecule has 3 nitrogen and oxygen atoms in total. The molecule has 1 aromatic heterocycles. The second kappa shape index (κ2) is 12.7. The lowest BCUT2D eigenvalue weighted by Crippen LogP contribution is -1.84. The zero-order valence-corrected chi connectivity index (χ0v) is 12.5. The van der Waals surface area contributed by atoms with Crippen LogP contribution >= 0.6 is 49.6 Å². The molecule has 0 unspecified atom stereocenters. The lowest BCUT2D eigenvalue weighted by molar-refractivity contribution is 0.824. The number of rotatable bonds is 1. The van der Waals surface area contributed by atoms with Crippen molar-refractivity contribution < 1.29 is 5.48 Å². The molecular formula is C11H16Cl4N2O. The molecule has 0 aliphatic heterocycles. The Morgan fingerprint density at radius 3 is 1.78 bits per heavy atom. The number of benzene rings is 1. The fourth-order valence-electron chi connectivity index (χ4n) is 1.21. The summed E-state index contributed by atoms with van der Waals surface area (Å²) in [7, 11) is 0. The number of hydrogen-bond donors (Lipinski definition) is 1. The van der Waals surface area contributed by atoms with Gasteiger partial charge in [0.05, 0.1) is 0 Å². The highest BCUT2D eigenvalue weighted by atomic mass is 35.5.